The van der Waals surface area contributed by atoms with E-state index in [1.807, 2.05) is 136 Å². The van der Waals surface area contributed by atoms with Crippen molar-refractivity contribution in [2.75, 3.05) is 0 Å². The molecule has 17 heteroatoms. The molecule has 3 N–H and O–H groups in total. The Morgan fingerprint density at radius 3 is 1.43 bits per heavy atom. The molecule has 0 saturated carbocycles. The van der Waals surface area contributed by atoms with Gasteiger partial charge >= 0.3 is 6.18 Å². The Morgan fingerprint density at radius 1 is 0.469 bits per heavy atom. The molecule has 0 fully saturated rings. The minimum atomic E-state index is -4.40. The van der Waals surface area contributed by atoms with Crippen LogP contribution in [-0.4, -0.2) is 60.8 Å². The van der Waals surface area contributed by atoms with Crippen molar-refractivity contribution in [2.45, 2.75) is 139 Å². The molecule has 0 spiro atoms. The number of hydrogen-bond donors (Lipinski definition) is 3. The molecule has 2 unspecified atom stereocenters. The normalized spacial score (nSPS) is 12.2. The maximum Gasteiger partial charge on any atom is 0.417 e. The molecular weight excluding hydrogens is 2150 g/mol. The Balaban J connectivity index is 0.000000170. The van der Waals surface area contributed by atoms with Crippen LogP contribution in [0.5, 0.6) is 0 Å². The van der Waals surface area contributed by atoms with E-state index >= 15 is 0 Å². The van der Waals surface area contributed by atoms with E-state index in [0.717, 1.165) is 115 Å². The molecule has 0 aliphatic heterocycles. The number of carbonyl (C=O) groups is 1. The van der Waals surface area contributed by atoms with Gasteiger partial charge in [0.15, 0.2) is 5.78 Å². The van der Waals surface area contributed by atoms with E-state index in [1.165, 1.54) is 131 Å². The molecule has 2 atom stereocenters. The number of unbranched alkanes of at least 4 members (excludes halogenated alkanes) is 1. The third-order valence-corrected chi connectivity index (χ3v) is 22.8. The molecule has 1 aliphatic carbocycles. The van der Waals surface area contributed by atoms with Crippen LogP contribution < -0.4 is 0 Å². The standard InChI is InChI=1S/C31H31N2.C24H14F3N2.C24H17N2.C22H20N.C5H10O2.C5H8O2.C2H6.3Ir/c1-3-5-10-23(4-2)22-33-30-13-7-6-11-27(30)28-19-18-26(21-31(28)33)24-14-16-25(17-15-24)29-12-8-9-20-32-29;25-24(26,27)17-11-12-21(28-15-17)16-10-13-23-20(14-16)19-8-4-5-9-22(19)29(23)18-6-2-1-3-7-18;1-17-11-13-22(25-16-17)18-12-14-24-21(15-18)20-9-5-6-10-23(20)26(24)19-7-3-2-4-8-19;1-3-22(4-2)19-10-6-5-9-17(19)18-13-12-16(15-20(18)22)21-11-7-8-14-23-21;2*1-4(6)3-5(2)7;1-2;;;/h6-9,11-16,18-21,23H,3-5,10,22H2,1-2H3;1-13,15H;2-14,16H,1H3;5-11,13-15H,3-4H2,1-2H3;3-4,6-7H,1-2H3;3,6H,1-2H3;1-2H3;;;/q4*-1;;;;;;. The summed E-state index contributed by atoms with van der Waals surface area (Å²) in [7, 11) is 0. The Bertz CT molecular complexity index is 6790. The fourth-order valence-electron chi connectivity index (χ4n) is 16.7. The van der Waals surface area contributed by atoms with E-state index in [0.29, 0.717) is 17.2 Å². The zero-order valence-electron chi connectivity index (χ0n) is 74.8. The van der Waals surface area contributed by atoms with E-state index in [4.69, 9.17) is 15.3 Å². The van der Waals surface area contributed by atoms with Crippen LogP contribution in [0.4, 0.5) is 13.2 Å². The van der Waals surface area contributed by atoms with Crippen molar-refractivity contribution in [1.82, 2.24) is 33.6 Å². The molecule has 11 aromatic carbocycles. The summed E-state index contributed by atoms with van der Waals surface area (Å²) in [4.78, 5) is 27.5. The molecule has 11 nitrogen and oxygen atoms in total. The smallest absolute Gasteiger partial charge is 0.417 e. The fraction of sp³-hybridized carbons (Fsp3) is 0.195. The van der Waals surface area contributed by atoms with Crippen molar-refractivity contribution in [3.05, 3.63) is 386 Å². The maximum atomic E-state index is 12.8. The van der Waals surface area contributed by atoms with Crippen molar-refractivity contribution < 1.29 is 93.6 Å². The number of benzene rings is 11. The zero-order chi connectivity index (χ0) is 89.7. The average Bonchev–Trinajstić information content (AvgIpc) is 1.56. The van der Waals surface area contributed by atoms with Crippen molar-refractivity contribution >= 4 is 71.2 Å². The van der Waals surface area contributed by atoms with Gasteiger partial charge in [0, 0.05) is 159 Å². The number of para-hydroxylation sites is 5. The number of ketones is 1. The number of alkyl halides is 3. The number of halogens is 3. The Labute approximate surface area is 801 Å². The van der Waals surface area contributed by atoms with Gasteiger partial charge in [-0.05, 0) is 160 Å². The molecule has 130 heavy (non-hydrogen) atoms. The van der Waals surface area contributed by atoms with E-state index in [1.54, 1.807) is 6.92 Å². The predicted octanol–water partition coefficient (Wildman–Crippen LogP) is 29.7. The molecule has 3 radical (unpaired) electrons. The first-order chi connectivity index (χ1) is 61.7. The van der Waals surface area contributed by atoms with Crippen molar-refractivity contribution in [1.29, 1.82) is 0 Å². The zero-order valence-corrected chi connectivity index (χ0v) is 82.0. The van der Waals surface area contributed by atoms with Gasteiger partial charge in [0.1, 0.15) is 0 Å². The van der Waals surface area contributed by atoms with E-state index in [2.05, 4.69) is 268 Å². The van der Waals surface area contributed by atoms with Crippen molar-refractivity contribution in [2.24, 2.45) is 5.92 Å². The monoisotopic (exact) mass is 2260 g/mol. The summed E-state index contributed by atoms with van der Waals surface area (Å²) in [5.74, 6) is 0.807. The molecule has 19 rings (SSSR count). The summed E-state index contributed by atoms with van der Waals surface area (Å²) >= 11 is 0. The topological polar surface area (TPSA) is 144 Å². The van der Waals surface area contributed by atoms with Crippen molar-refractivity contribution in [3.63, 3.8) is 0 Å². The third kappa shape index (κ3) is 23.4. The number of aliphatic hydroxyl groups is 3. The van der Waals surface area contributed by atoms with Gasteiger partial charge in [-0.1, -0.05) is 292 Å². The second kappa shape index (κ2) is 46.9. The number of carbonyl (C=O) groups excluding carboxylic acids is 1. The van der Waals surface area contributed by atoms with Crippen LogP contribution in [0.3, 0.4) is 0 Å². The van der Waals surface area contributed by atoms with Gasteiger partial charge < -0.3 is 39.0 Å². The van der Waals surface area contributed by atoms with E-state index < -0.39 is 17.8 Å². The average molecular weight is 2260 g/mol. The first kappa shape index (κ1) is 100. The van der Waals surface area contributed by atoms with Crippen LogP contribution in [0.1, 0.15) is 130 Å². The van der Waals surface area contributed by atoms with Crippen LogP contribution in [-0.2, 0) is 83.2 Å². The maximum absolute atomic E-state index is 12.8. The van der Waals surface area contributed by atoms with Gasteiger partial charge in [-0.15, -0.1) is 95.6 Å². The van der Waals surface area contributed by atoms with Crippen LogP contribution in [0.15, 0.2) is 340 Å². The van der Waals surface area contributed by atoms with Crippen LogP contribution in [0.2, 0.25) is 0 Å². The quantitative estimate of drug-likeness (QED) is 0.0464. The van der Waals surface area contributed by atoms with Gasteiger partial charge in [-0.2, -0.15) is 13.2 Å². The summed E-state index contributed by atoms with van der Waals surface area (Å²) in [6.45, 7) is 22.3. The van der Waals surface area contributed by atoms with Gasteiger partial charge in [-0.3, -0.25) is 14.8 Å². The van der Waals surface area contributed by atoms with Gasteiger partial charge in [0.25, 0.3) is 0 Å². The Morgan fingerprint density at radius 2 is 0.962 bits per heavy atom. The number of aliphatic hydroxyl groups excluding tert-OH is 3. The summed E-state index contributed by atoms with van der Waals surface area (Å²) < 4.78 is 45.5. The number of fused-ring (bicyclic) bond motifs is 12. The molecule has 0 bridgehead atoms. The molecule has 0 amide bonds. The summed E-state index contributed by atoms with van der Waals surface area (Å²) in [6, 6.07) is 113. The number of allylic oxidation sites excluding steroid dienone is 3. The summed E-state index contributed by atoms with van der Waals surface area (Å²) in [5.41, 5.74) is 24.9. The van der Waals surface area contributed by atoms with Crippen LogP contribution >= 0.6 is 0 Å². The second-order valence-electron chi connectivity index (χ2n) is 31.4. The predicted molar refractivity (Wildman–Crippen MR) is 517 cm³/mol. The Kier molecular flexibility index (Phi) is 36.1. The molecule has 0 saturated heterocycles. The van der Waals surface area contributed by atoms with Crippen LogP contribution in [0.25, 0.3) is 144 Å². The third-order valence-electron chi connectivity index (χ3n) is 22.8. The number of hydrogen-bond acceptors (Lipinski definition) is 8. The second-order valence-corrected chi connectivity index (χ2v) is 31.4. The first-order valence-electron chi connectivity index (χ1n) is 43.6. The molecule has 7 heterocycles. The Hall–Kier alpha value is -12.1. The number of pyridine rings is 4. The number of aryl methyl sites for hydroxylation is 1. The largest absolute Gasteiger partial charge is 0.513 e. The van der Waals surface area contributed by atoms with E-state index in [9.17, 15) is 18.0 Å². The van der Waals surface area contributed by atoms with Gasteiger partial charge in [-0.25, -0.2) is 0 Å². The molecule has 669 valence electrons. The van der Waals surface area contributed by atoms with Gasteiger partial charge in [0.2, 0.25) is 0 Å². The van der Waals surface area contributed by atoms with Crippen LogP contribution in [0, 0.1) is 37.1 Å². The van der Waals surface area contributed by atoms with Gasteiger partial charge in [0.05, 0.1) is 23.2 Å². The number of aromatic nitrogens is 7. The molecular formula is C113H106F3Ir3N7O4-4. The molecule has 7 aromatic heterocycles. The summed E-state index contributed by atoms with van der Waals surface area (Å²) in [6.07, 6.45) is 11.3. The first-order valence-corrected chi connectivity index (χ1v) is 43.6. The number of rotatable bonds is 17. The number of nitrogens with zero attached hydrogens (tertiary/aromatic N) is 7. The van der Waals surface area contributed by atoms with Crippen molar-refractivity contribution in [3.8, 4) is 78.7 Å². The fourth-order valence-corrected chi connectivity index (χ4v) is 16.7. The summed E-state index contributed by atoms with van der Waals surface area (Å²) in [5, 5.41) is 32.2. The van der Waals surface area contributed by atoms with E-state index in [-0.39, 0.29) is 83.0 Å². The minimum Gasteiger partial charge on any atom is -0.513 e. The molecule has 18 aromatic rings. The molecule has 1 aliphatic rings. The SMILES string of the molecule is CC.CC(=O)C=C(C)O.CC(O)=CC(C)O.CCC1(CC)c2ccccc2-c2c[c-]c(-c3ccccn3)cc21.CCCCC(CC)Cn1c2ccccc2c2ccc(-c3c[c-]c(-c4ccccn4)cc3)cc21.Cc1ccc(-c2[c-]c3c4ccccc4n(-c4ccccc4)c3cc2)nc1.FC(F)(F)c1ccc(-c2[c-]c3c4ccccc4n(-c4ccccc4)c3cc2)nc1.[Ir].[Ir].[Ir]. The minimum absolute atomic E-state index is 0.